The number of hydrogen-bond acceptors (Lipinski definition) is 8. The van der Waals surface area contributed by atoms with Crippen LogP contribution >= 0.6 is 0 Å². The van der Waals surface area contributed by atoms with Gasteiger partial charge in [-0.25, -0.2) is 9.99 Å². The first kappa shape index (κ1) is 27.0. The molecule has 1 aromatic carbocycles. The average molecular weight is 544 g/mol. The highest BCUT2D eigenvalue weighted by Gasteiger charge is 2.48. The molecule has 39 heavy (non-hydrogen) atoms. The number of amides is 2. The standard InChI is InChI=1S/C27H35F2N7O3/c1-34-21-16-30-26(32-23(21)36(17-27(28,29)25(34)38)19-9-5-3-6-10-19)31-20-12-11-18(15-22(20)39-2)24(37)33-35-13-7-4-8-14-35/h11-12,15-16,19H,3-10,13-14,17H2,1-2H3,(H,33,37)(H,30,31,32). The van der Waals surface area contributed by atoms with Crippen molar-refractivity contribution >= 4 is 35.0 Å². The fourth-order valence-electron chi connectivity index (χ4n) is 5.55. The smallest absolute Gasteiger partial charge is 0.342 e. The molecule has 2 aliphatic heterocycles. The molecule has 1 saturated carbocycles. The summed E-state index contributed by atoms with van der Waals surface area (Å²) < 4.78 is 35.4. The Kier molecular flexibility index (Phi) is 7.83. The Balaban J connectivity index is 1.41. The van der Waals surface area contributed by atoms with Crippen LogP contribution in [0, 0.1) is 0 Å². The fourth-order valence-corrected chi connectivity index (χ4v) is 5.55. The minimum atomic E-state index is -3.55. The van der Waals surface area contributed by atoms with E-state index in [1.54, 1.807) is 23.1 Å². The number of rotatable bonds is 6. The molecule has 0 radical (unpaired) electrons. The van der Waals surface area contributed by atoms with E-state index in [-0.39, 0.29) is 23.6 Å². The summed E-state index contributed by atoms with van der Waals surface area (Å²) in [4.78, 5) is 36.8. The van der Waals surface area contributed by atoms with Crippen LogP contribution in [-0.2, 0) is 4.79 Å². The molecule has 2 N–H and O–H groups in total. The predicted octanol–water partition coefficient (Wildman–Crippen LogP) is 4.11. The van der Waals surface area contributed by atoms with Gasteiger partial charge in [0.25, 0.3) is 11.8 Å². The number of carbonyl (C=O) groups is 2. The van der Waals surface area contributed by atoms with E-state index in [0.29, 0.717) is 22.8 Å². The normalized spacial score (nSPS) is 20.3. The molecule has 3 heterocycles. The number of ether oxygens (including phenoxy) is 1. The predicted molar refractivity (Wildman–Crippen MR) is 144 cm³/mol. The Hall–Kier alpha value is -3.54. The Morgan fingerprint density at radius 1 is 1.10 bits per heavy atom. The van der Waals surface area contributed by atoms with Crippen LogP contribution in [0.1, 0.15) is 61.7 Å². The lowest BCUT2D eigenvalue weighted by Gasteiger charge is -2.35. The number of carbonyl (C=O) groups excluding carboxylic acids is 2. The maximum absolute atomic E-state index is 14.9. The van der Waals surface area contributed by atoms with E-state index in [9.17, 15) is 18.4 Å². The third kappa shape index (κ3) is 5.75. The summed E-state index contributed by atoms with van der Waals surface area (Å²) in [6.07, 6.45) is 9.12. The number of hydrazine groups is 1. The fraction of sp³-hybridized carbons (Fsp3) is 0.556. The van der Waals surface area contributed by atoms with Gasteiger partial charge in [0, 0.05) is 31.7 Å². The van der Waals surface area contributed by atoms with Gasteiger partial charge in [-0.15, -0.1) is 0 Å². The number of halogens is 2. The van der Waals surface area contributed by atoms with Crippen molar-refractivity contribution in [3.05, 3.63) is 30.0 Å². The molecule has 0 bridgehead atoms. The summed E-state index contributed by atoms with van der Waals surface area (Å²) in [7, 11) is 2.82. The quantitative estimate of drug-likeness (QED) is 0.561. The van der Waals surface area contributed by atoms with Crippen molar-refractivity contribution in [2.24, 2.45) is 0 Å². The summed E-state index contributed by atoms with van der Waals surface area (Å²) >= 11 is 0. The van der Waals surface area contributed by atoms with E-state index in [0.717, 1.165) is 62.9 Å². The highest BCUT2D eigenvalue weighted by Crippen LogP contribution is 2.39. The third-order valence-electron chi connectivity index (χ3n) is 7.71. The Bertz CT molecular complexity index is 1220. The van der Waals surface area contributed by atoms with E-state index in [4.69, 9.17) is 4.74 Å². The van der Waals surface area contributed by atoms with Crippen molar-refractivity contribution < 1.29 is 23.1 Å². The number of benzene rings is 1. The molecule has 2 amide bonds. The lowest BCUT2D eigenvalue weighted by molar-refractivity contribution is -0.140. The van der Waals surface area contributed by atoms with Crippen molar-refractivity contribution in [2.45, 2.75) is 63.3 Å². The van der Waals surface area contributed by atoms with Gasteiger partial charge >= 0.3 is 5.92 Å². The number of methoxy groups -OCH3 is 1. The Morgan fingerprint density at radius 2 is 1.82 bits per heavy atom. The molecule has 5 rings (SSSR count). The minimum absolute atomic E-state index is 0.141. The van der Waals surface area contributed by atoms with Crippen LogP contribution in [0.25, 0.3) is 0 Å². The van der Waals surface area contributed by atoms with Gasteiger partial charge in [-0.05, 0) is 43.9 Å². The second kappa shape index (κ2) is 11.3. The van der Waals surface area contributed by atoms with Crippen LogP contribution in [-0.4, -0.2) is 72.5 Å². The molecule has 3 aliphatic rings. The van der Waals surface area contributed by atoms with Gasteiger partial charge in [-0.1, -0.05) is 25.7 Å². The number of hydrogen-bond donors (Lipinski definition) is 2. The molecule has 0 atom stereocenters. The zero-order valence-corrected chi connectivity index (χ0v) is 22.4. The summed E-state index contributed by atoms with van der Waals surface area (Å²) in [5.74, 6) is -4.17. The summed E-state index contributed by atoms with van der Waals surface area (Å²) in [6.45, 7) is 0.917. The monoisotopic (exact) mass is 543 g/mol. The van der Waals surface area contributed by atoms with Gasteiger partial charge in [0.05, 0.1) is 25.5 Å². The number of piperidine rings is 1. The summed E-state index contributed by atoms with van der Waals surface area (Å²) in [6, 6.07) is 4.86. The van der Waals surface area contributed by atoms with Crippen LogP contribution in [0.2, 0.25) is 0 Å². The molecule has 12 heteroatoms. The molecule has 0 unspecified atom stereocenters. The molecule has 1 aliphatic carbocycles. The lowest BCUT2D eigenvalue weighted by atomic mass is 9.94. The number of aromatic nitrogens is 2. The highest BCUT2D eigenvalue weighted by molar-refractivity contribution is 6.02. The topological polar surface area (TPSA) is 103 Å². The number of fused-ring (bicyclic) bond motifs is 1. The minimum Gasteiger partial charge on any atom is -0.495 e. The maximum atomic E-state index is 14.9. The Labute approximate surface area is 226 Å². The molecule has 2 fully saturated rings. The van der Waals surface area contributed by atoms with Crippen molar-refractivity contribution in [1.82, 2.24) is 20.4 Å². The number of nitrogens with one attached hydrogen (secondary N) is 2. The van der Waals surface area contributed by atoms with E-state index in [1.165, 1.54) is 26.8 Å². The van der Waals surface area contributed by atoms with E-state index in [1.807, 2.05) is 5.01 Å². The lowest BCUT2D eigenvalue weighted by Crippen LogP contribution is -2.49. The van der Waals surface area contributed by atoms with Crippen molar-refractivity contribution in [3.63, 3.8) is 0 Å². The maximum Gasteiger partial charge on any atom is 0.342 e. The van der Waals surface area contributed by atoms with Crippen molar-refractivity contribution in [2.75, 3.05) is 48.9 Å². The molecule has 210 valence electrons. The number of nitrogens with zero attached hydrogens (tertiary/aromatic N) is 5. The van der Waals surface area contributed by atoms with Gasteiger partial charge in [0.1, 0.15) is 11.4 Å². The molecule has 10 nitrogen and oxygen atoms in total. The summed E-state index contributed by atoms with van der Waals surface area (Å²) in [5, 5.41) is 5.03. The van der Waals surface area contributed by atoms with Crippen LogP contribution in [0.15, 0.2) is 24.4 Å². The van der Waals surface area contributed by atoms with Gasteiger partial charge in [0.2, 0.25) is 5.95 Å². The summed E-state index contributed by atoms with van der Waals surface area (Å²) in [5.41, 5.74) is 4.14. The van der Waals surface area contributed by atoms with E-state index < -0.39 is 18.4 Å². The first-order valence-corrected chi connectivity index (χ1v) is 13.6. The van der Waals surface area contributed by atoms with Crippen molar-refractivity contribution in [1.29, 1.82) is 0 Å². The van der Waals surface area contributed by atoms with E-state index in [2.05, 4.69) is 20.7 Å². The first-order valence-electron chi connectivity index (χ1n) is 13.6. The van der Waals surface area contributed by atoms with Gasteiger partial charge in [-0.3, -0.25) is 15.0 Å². The Morgan fingerprint density at radius 3 is 2.54 bits per heavy atom. The van der Waals surface area contributed by atoms with Crippen LogP contribution in [0.5, 0.6) is 5.75 Å². The second-order valence-electron chi connectivity index (χ2n) is 10.4. The van der Waals surface area contributed by atoms with Crippen molar-refractivity contribution in [3.8, 4) is 5.75 Å². The van der Waals surface area contributed by atoms with Gasteiger partial charge in [0.15, 0.2) is 5.82 Å². The molecular weight excluding hydrogens is 508 g/mol. The third-order valence-corrected chi connectivity index (χ3v) is 7.71. The second-order valence-corrected chi connectivity index (χ2v) is 10.4. The van der Waals surface area contributed by atoms with Crippen LogP contribution in [0.4, 0.5) is 31.9 Å². The molecule has 1 aromatic heterocycles. The molecule has 1 saturated heterocycles. The number of alkyl halides is 2. The van der Waals surface area contributed by atoms with Crippen LogP contribution < -0.4 is 25.3 Å². The molecule has 0 spiro atoms. The molecule has 2 aromatic rings. The zero-order valence-electron chi connectivity index (χ0n) is 22.4. The van der Waals surface area contributed by atoms with E-state index >= 15 is 0 Å². The van der Waals surface area contributed by atoms with Crippen LogP contribution in [0.3, 0.4) is 0 Å². The first-order chi connectivity index (χ1) is 18.8. The number of anilines is 4. The molecular formula is C27H35F2N7O3. The highest BCUT2D eigenvalue weighted by atomic mass is 19.3. The SMILES string of the molecule is COc1cc(C(=O)NN2CCCCC2)ccc1Nc1ncc2c(n1)N(C1CCCCC1)CC(F)(F)C(=O)N2C. The largest absolute Gasteiger partial charge is 0.495 e. The average Bonchev–Trinajstić information content (AvgIpc) is 3.03. The van der Waals surface area contributed by atoms with Gasteiger partial charge in [-0.2, -0.15) is 13.8 Å². The van der Waals surface area contributed by atoms with Gasteiger partial charge < -0.3 is 19.9 Å². The zero-order chi connectivity index (χ0) is 27.6.